The first-order valence-corrected chi connectivity index (χ1v) is 5.29. The van der Waals surface area contributed by atoms with Gasteiger partial charge < -0.3 is 0 Å². The highest BCUT2D eigenvalue weighted by molar-refractivity contribution is 5.63. The van der Waals surface area contributed by atoms with E-state index in [1.165, 1.54) is 6.07 Å². The van der Waals surface area contributed by atoms with Crippen LogP contribution in [-0.4, -0.2) is 14.4 Å². The minimum atomic E-state index is -0.191. The molecular formula is C13H10FN3. The van der Waals surface area contributed by atoms with Crippen molar-refractivity contribution in [1.82, 2.24) is 14.4 Å². The van der Waals surface area contributed by atoms with Crippen LogP contribution in [0.15, 0.2) is 43.0 Å². The lowest BCUT2D eigenvalue weighted by molar-refractivity contribution is 0.618. The Bertz CT molecular complexity index is 688. The molecule has 0 atom stereocenters. The minimum absolute atomic E-state index is 0.191. The monoisotopic (exact) mass is 227 g/mol. The summed E-state index contributed by atoms with van der Waals surface area (Å²) in [6, 6.07) is 5.05. The van der Waals surface area contributed by atoms with Crippen LogP contribution in [0, 0.1) is 12.7 Å². The molecule has 0 fully saturated rings. The molecule has 0 radical (unpaired) electrons. The molecule has 4 heteroatoms. The van der Waals surface area contributed by atoms with Crippen LogP contribution in [0.3, 0.4) is 0 Å². The van der Waals surface area contributed by atoms with Gasteiger partial charge in [-0.25, -0.2) is 9.37 Å². The first-order valence-electron chi connectivity index (χ1n) is 5.29. The summed E-state index contributed by atoms with van der Waals surface area (Å²) in [5.74, 6) is -0.191. The predicted molar refractivity (Wildman–Crippen MR) is 63.1 cm³/mol. The first kappa shape index (κ1) is 9.96. The van der Waals surface area contributed by atoms with Gasteiger partial charge in [0.25, 0.3) is 0 Å². The van der Waals surface area contributed by atoms with Crippen molar-refractivity contribution >= 4 is 5.65 Å². The van der Waals surface area contributed by atoms with Crippen molar-refractivity contribution in [2.75, 3.05) is 0 Å². The molecule has 0 bridgehead atoms. The summed E-state index contributed by atoms with van der Waals surface area (Å²) in [7, 11) is 0. The summed E-state index contributed by atoms with van der Waals surface area (Å²) >= 11 is 0. The van der Waals surface area contributed by atoms with Crippen molar-refractivity contribution in [2.24, 2.45) is 0 Å². The quantitative estimate of drug-likeness (QED) is 0.640. The van der Waals surface area contributed by atoms with Gasteiger partial charge in [-0.15, -0.1) is 0 Å². The number of nitrogens with zero attached hydrogens (tertiary/aromatic N) is 3. The molecule has 1 aromatic carbocycles. The Morgan fingerprint density at radius 3 is 2.94 bits per heavy atom. The van der Waals surface area contributed by atoms with Gasteiger partial charge in [0, 0.05) is 18.0 Å². The Morgan fingerprint density at radius 1 is 1.24 bits per heavy atom. The van der Waals surface area contributed by atoms with Gasteiger partial charge in [-0.2, -0.15) is 0 Å². The zero-order valence-electron chi connectivity index (χ0n) is 9.26. The second-order valence-electron chi connectivity index (χ2n) is 3.91. The fourth-order valence-corrected chi connectivity index (χ4v) is 1.86. The van der Waals surface area contributed by atoms with Crippen LogP contribution in [0.2, 0.25) is 0 Å². The number of benzene rings is 1. The third-order valence-electron chi connectivity index (χ3n) is 2.77. The predicted octanol–water partition coefficient (Wildman–Crippen LogP) is 2.84. The van der Waals surface area contributed by atoms with Gasteiger partial charge in [-0.3, -0.25) is 9.38 Å². The smallest absolute Gasteiger partial charge is 0.155 e. The number of aryl methyl sites for hydroxylation is 1. The van der Waals surface area contributed by atoms with Crippen LogP contribution in [-0.2, 0) is 0 Å². The van der Waals surface area contributed by atoms with E-state index >= 15 is 0 Å². The van der Waals surface area contributed by atoms with Crippen LogP contribution < -0.4 is 0 Å². The van der Waals surface area contributed by atoms with Crippen molar-refractivity contribution in [1.29, 1.82) is 0 Å². The molecule has 0 N–H and O–H groups in total. The summed E-state index contributed by atoms with van der Waals surface area (Å²) < 4.78 is 15.2. The molecule has 3 aromatic rings. The van der Waals surface area contributed by atoms with Gasteiger partial charge in [0.1, 0.15) is 5.82 Å². The summed E-state index contributed by atoms with van der Waals surface area (Å²) in [6.45, 7) is 1.75. The number of rotatable bonds is 1. The standard InChI is InChI=1S/C13H10FN3/c1-9-6-10(2-3-11(9)14)12-7-16-13-8-15-4-5-17(12)13/h2-8H,1H3. The van der Waals surface area contributed by atoms with Crippen molar-refractivity contribution in [2.45, 2.75) is 6.92 Å². The van der Waals surface area contributed by atoms with E-state index < -0.39 is 0 Å². The number of imidazole rings is 1. The SMILES string of the molecule is Cc1cc(-c2cnc3cnccn23)ccc1F. The van der Waals surface area contributed by atoms with Gasteiger partial charge in [0.2, 0.25) is 0 Å². The van der Waals surface area contributed by atoms with Gasteiger partial charge in [0.15, 0.2) is 5.65 Å². The summed E-state index contributed by atoms with van der Waals surface area (Å²) in [6.07, 6.45) is 7.01. The van der Waals surface area contributed by atoms with E-state index in [0.717, 1.165) is 16.9 Å². The number of hydrogen-bond donors (Lipinski definition) is 0. The van der Waals surface area contributed by atoms with E-state index in [4.69, 9.17) is 0 Å². The third kappa shape index (κ3) is 1.58. The Balaban J connectivity index is 2.24. The van der Waals surface area contributed by atoms with Crippen LogP contribution >= 0.6 is 0 Å². The van der Waals surface area contributed by atoms with E-state index in [0.29, 0.717) is 5.56 Å². The van der Waals surface area contributed by atoms with Crippen molar-refractivity contribution in [3.05, 3.63) is 54.4 Å². The van der Waals surface area contributed by atoms with Gasteiger partial charge in [-0.05, 0) is 30.7 Å². The van der Waals surface area contributed by atoms with E-state index in [9.17, 15) is 4.39 Å². The fraction of sp³-hybridized carbons (Fsp3) is 0.0769. The Kier molecular flexibility index (Phi) is 2.14. The zero-order valence-corrected chi connectivity index (χ0v) is 9.26. The van der Waals surface area contributed by atoms with Crippen LogP contribution in [0.5, 0.6) is 0 Å². The second kappa shape index (κ2) is 3.66. The summed E-state index contributed by atoms with van der Waals surface area (Å²) in [5.41, 5.74) is 3.30. The molecule has 0 spiro atoms. The van der Waals surface area contributed by atoms with Crippen LogP contribution in [0.1, 0.15) is 5.56 Å². The van der Waals surface area contributed by atoms with E-state index in [1.54, 1.807) is 31.6 Å². The summed E-state index contributed by atoms with van der Waals surface area (Å²) in [5, 5.41) is 0. The highest BCUT2D eigenvalue weighted by Gasteiger charge is 2.07. The second-order valence-corrected chi connectivity index (χ2v) is 3.91. The lowest BCUT2D eigenvalue weighted by Gasteiger charge is -2.03. The van der Waals surface area contributed by atoms with E-state index in [1.807, 2.05) is 16.7 Å². The molecule has 0 aliphatic rings. The van der Waals surface area contributed by atoms with Crippen molar-refractivity contribution in [3.8, 4) is 11.3 Å². The van der Waals surface area contributed by atoms with Crippen molar-refractivity contribution in [3.63, 3.8) is 0 Å². The summed E-state index contributed by atoms with van der Waals surface area (Å²) in [4.78, 5) is 8.26. The molecule has 0 saturated heterocycles. The van der Waals surface area contributed by atoms with Crippen LogP contribution in [0.25, 0.3) is 16.9 Å². The number of fused-ring (bicyclic) bond motifs is 1. The molecule has 17 heavy (non-hydrogen) atoms. The molecule has 3 rings (SSSR count). The molecular weight excluding hydrogens is 217 g/mol. The molecule has 84 valence electrons. The van der Waals surface area contributed by atoms with Crippen LogP contribution in [0.4, 0.5) is 4.39 Å². The fourth-order valence-electron chi connectivity index (χ4n) is 1.86. The van der Waals surface area contributed by atoms with Crippen molar-refractivity contribution < 1.29 is 4.39 Å². The van der Waals surface area contributed by atoms with Gasteiger partial charge in [0.05, 0.1) is 18.1 Å². The average molecular weight is 227 g/mol. The maximum Gasteiger partial charge on any atom is 0.155 e. The molecule has 0 aliphatic heterocycles. The maximum absolute atomic E-state index is 13.2. The Morgan fingerprint density at radius 2 is 2.12 bits per heavy atom. The number of halogens is 1. The number of hydrogen-bond acceptors (Lipinski definition) is 2. The van der Waals surface area contributed by atoms with Gasteiger partial charge >= 0.3 is 0 Å². The molecule has 0 amide bonds. The zero-order chi connectivity index (χ0) is 11.8. The molecule has 0 aliphatic carbocycles. The minimum Gasteiger partial charge on any atom is -0.297 e. The topological polar surface area (TPSA) is 30.2 Å². The largest absolute Gasteiger partial charge is 0.297 e. The molecule has 0 unspecified atom stereocenters. The third-order valence-corrected chi connectivity index (χ3v) is 2.77. The first-order chi connectivity index (χ1) is 8.25. The highest BCUT2D eigenvalue weighted by Crippen LogP contribution is 2.22. The lowest BCUT2D eigenvalue weighted by atomic mass is 10.1. The normalized spacial score (nSPS) is 10.9. The number of aromatic nitrogens is 3. The molecule has 2 heterocycles. The Hall–Kier alpha value is -2.23. The Labute approximate surface area is 97.6 Å². The van der Waals surface area contributed by atoms with Gasteiger partial charge in [-0.1, -0.05) is 0 Å². The molecule has 3 nitrogen and oxygen atoms in total. The molecule has 2 aromatic heterocycles. The maximum atomic E-state index is 13.2. The highest BCUT2D eigenvalue weighted by atomic mass is 19.1. The molecule has 0 saturated carbocycles. The average Bonchev–Trinajstić information content (AvgIpc) is 2.76. The lowest BCUT2D eigenvalue weighted by Crippen LogP contribution is -1.90. The van der Waals surface area contributed by atoms with E-state index in [2.05, 4.69) is 9.97 Å². The van der Waals surface area contributed by atoms with E-state index in [-0.39, 0.29) is 5.82 Å².